The number of carbonyl (C=O) groups is 1. The van der Waals surface area contributed by atoms with E-state index in [9.17, 15) is 18.0 Å². The molecule has 1 N–H and O–H groups in total. The molecule has 1 amide bonds. The number of hydrogen-bond acceptors (Lipinski definition) is 4. The van der Waals surface area contributed by atoms with Gasteiger partial charge in [0.25, 0.3) is 5.91 Å². The summed E-state index contributed by atoms with van der Waals surface area (Å²) in [6.45, 7) is 1.94. The highest BCUT2D eigenvalue weighted by molar-refractivity contribution is 6.30. The largest absolute Gasteiger partial charge is 0.340 e. The molecule has 118 valence electrons. The fraction of sp³-hybridized carbons (Fsp3) is 0.308. The summed E-state index contributed by atoms with van der Waals surface area (Å²) in [7, 11) is 0. The Kier molecular flexibility index (Phi) is 4.41. The highest BCUT2D eigenvalue weighted by atomic mass is 35.5. The van der Waals surface area contributed by atoms with Gasteiger partial charge >= 0.3 is 5.92 Å². The maximum Gasteiger partial charge on any atom is 0.321 e. The molecule has 0 aliphatic rings. The predicted molar refractivity (Wildman–Crippen MR) is 71.1 cm³/mol. The average Bonchev–Trinajstić information content (AvgIpc) is 2.84. The molecular weight excluding hydrogens is 323 g/mol. The average molecular weight is 334 g/mol. The van der Waals surface area contributed by atoms with E-state index in [4.69, 9.17) is 16.1 Å². The SMILES string of the molecule is Cc1nc(C(NC(=O)C(C)(F)F)c2ccc(Cl)c(F)c2)no1. The maximum absolute atomic E-state index is 13.6. The third-order valence-corrected chi connectivity index (χ3v) is 3.06. The molecule has 9 heteroatoms. The van der Waals surface area contributed by atoms with Gasteiger partial charge in [0.1, 0.15) is 11.9 Å². The summed E-state index contributed by atoms with van der Waals surface area (Å²) >= 11 is 5.58. The molecule has 1 unspecified atom stereocenters. The van der Waals surface area contributed by atoms with Crippen molar-refractivity contribution in [2.75, 3.05) is 0 Å². The Labute approximate surface area is 128 Å². The second kappa shape index (κ2) is 5.96. The number of amides is 1. The van der Waals surface area contributed by atoms with Gasteiger partial charge in [0, 0.05) is 13.8 Å². The Hall–Kier alpha value is -2.09. The van der Waals surface area contributed by atoms with Crippen molar-refractivity contribution in [2.45, 2.75) is 25.8 Å². The number of benzene rings is 1. The zero-order valence-corrected chi connectivity index (χ0v) is 12.3. The lowest BCUT2D eigenvalue weighted by atomic mass is 10.1. The summed E-state index contributed by atoms with van der Waals surface area (Å²) in [5.41, 5.74) is 0.153. The van der Waals surface area contributed by atoms with E-state index in [1.54, 1.807) is 0 Å². The number of aromatic nitrogens is 2. The van der Waals surface area contributed by atoms with Crippen LogP contribution in [0.3, 0.4) is 0 Å². The third-order valence-electron chi connectivity index (χ3n) is 2.75. The highest BCUT2D eigenvalue weighted by Crippen LogP contribution is 2.25. The molecule has 0 fully saturated rings. The zero-order valence-electron chi connectivity index (χ0n) is 11.5. The number of nitrogens with one attached hydrogen (secondary N) is 1. The predicted octanol–water partition coefficient (Wildman–Crippen LogP) is 3.03. The van der Waals surface area contributed by atoms with Crippen LogP contribution in [0.1, 0.15) is 30.2 Å². The Balaban J connectivity index is 2.41. The first-order valence-corrected chi connectivity index (χ1v) is 6.50. The van der Waals surface area contributed by atoms with Crippen LogP contribution in [0.25, 0.3) is 0 Å². The van der Waals surface area contributed by atoms with Crippen LogP contribution in [-0.2, 0) is 4.79 Å². The first-order valence-electron chi connectivity index (χ1n) is 6.12. The summed E-state index contributed by atoms with van der Waals surface area (Å²) in [4.78, 5) is 15.4. The topological polar surface area (TPSA) is 68.0 Å². The van der Waals surface area contributed by atoms with Crippen LogP contribution in [0.15, 0.2) is 22.7 Å². The number of rotatable bonds is 4. The first-order chi connectivity index (χ1) is 10.2. The summed E-state index contributed by atoms with van der Waals surface area (Å²) < 4.78 is 44.5. The summed E-state index contributed by atoms with van der Waals surface area (Å²) in [6.07, 6.45) is 0. The normalized spacial score (nSPS) is 13.0. The summed E-state index contributed by atoms with van der Waals surface area (Å²) in [5, 5.41) is 5.50. The van der Waals surface area contributed by atoms with Gasteiger partial charge in [-0.2, -0.15) is 13.8 Å². The van der Waals surface area contributed by atoms with E-state index in [0.717, 1.165) is 6.07 Å². The van der Waals surface area contributed by atoms with Gasteiger partial charge in [0.15, 0.2) is 5.82 Å². The van der Waals surface area contributed by atoms with Crippen molar-refractivity contribution in [1.82, 2.24) is 15.5 Å². The molecule has 0 radical (unpaired) electrons. The molecule has 2 rings (SSSR count). The van der Waals surface area contributed by atoms with Crippen molar-refractivity contribution in [1.29, 1.82) is 0 Å². The van der Waals surface area contributed by atoms with Crippen LogP contribution >= 0.6 is 11.6 Å². The lowest BCUT2D eigenvalue weighted by molar-refractivity contribution is -0.143. The molecular formula is C13H11ClF3N3O2. The maximum atomic E-state index is 13.6. The lowest BCUT2D eigenvalue weighted by Crippen LogP contribution is -2.40. The fourth-order valence-corrected chi connectivity index (χ4v) is 1.80. The molecule has 1 heterocycles. The Morgan fingerprint density at radius 3 is 2.64 bits per heavy atom. The van der Waals surface area contributed by atoms with Crippen LogP contribution in [-0.4, -0.2) is 22.0 Å². The van der Waals surface area contributed by atoms with Gasteiger partial charge in [-0.1, -0.05) is 22.8 Å². The minimum absolute atomic E-state index is 0.0724. The molecule has 0 saturated heterocycles. The number of aryl methyl sites for hydroxylation is 1. The van der Waals surface area contributed by atoms with Crippen molar-refractivity contribution < 1.29 is 22.5 Å². The molecule has 0 saturated carbocycles. The Bertz CT molecular complexity index is 700. The highest BCUT2D eigenvalue weighted by Gasteiger charge is 2.35. The molecule has 0 spiro atoms. The zero-order chi connectivity index (χ0) is 16.5. The Morgan fingerprint density at radius 1 is 1.45 bits per heavy atom. The molecule has 5 nitrogen and oxygen atoms in total. The third kappa shape index (κ3) is 3.56. The minimum atomic E-state index is -3.61. The molecule has 2 aromatic rings. The van der Waals surface area contributed by atoms with Gasteiger partial charge in [-0.15, -0.1) is 0 Å². The smallest absolute Gasteiger partial charge is 0.321 e. The van der Waals surface area contributed by atoms with Crippen molar-refractivity contribution in [3.05, 3.63) is 46.3 Å². The number of carbonyl (C=O) groups excluding carboxylic acids is 1. The molecule has 0 aliphatic heterocycles. The van der Waals surface area contributed by atoms with Gasteiger partial charge in [0.2, 0.25) is 5.89 Å². The van der Waals surface area contributed by atoms with Gasteiger partial charge in [-0.05, 0) is 17.7 Å². The van der Waals surface area contributed by atoms with Gasteiger partial charge in [-0.25, -0.2) is 4.39 Å². The molecule has 1 aromatic heterocycles. The monoisotopic (exact) mass is 333 g/mol. The van der Waals surface area contributed by atoms with Crippen LogP contribution in [0, 0.1) is 12.7 Å². The quantitative estimate of drug-likeness (QED) is 0.933. The second-order valence-electron chi connectivity index (χ2n) is 4.64. The standard InChI is InChI=1S/C13H11ClF3N3O2/c1-6-18-11(20-22-6)10(19-12(21)13(2,16)17)7-3-4-8(14)9(15)5-7/h3-5,10H,1-2H3,(H,19,21). The fourth-order valence-electron chi connectivity index (χ4n) is 1.68. The molecule has 0 aliphatic carbocycles. The minimum Gasteiger partial charge on any atom is -0.340 e. The molecule has 22 heavy (non-hydrogen) atoms. The molecule has 0 bridgehead atoms. The van der Waals surface area contributed by atoms with Crippen LogP contribution in [0.2, 0.25) is 5.02 Å². The van der Waals surface area contributed by atoms with Gasteiger partial charge in [0.05, 0.1) is 5.02 Å². The number of nitrogens with zero attached hydrogens (tertiary/aromatic N) is 2. The van der Waals surface area contributed by atoms with E-state index in [1.807, 2.05) is 0 Å². The van der Waals surface area contributed by atoms with Crippen molar-refractivity contribution in [3.8, 4) is 0 Å². The van der Waals surface area contributed by atoms with E-state index in [-0.39, 0.29) is 22.3 Å². The summed E-state index contributed by atoms with van der Waals surface area (Å²) in [5.74, 6) is -5.82. The Morgan fingerprint density at radius 2 is 2.14 bits per heavy atom. The molecule has 1 aromatic carbocycles. The van der Waals surface area contributed by atoms with Gasteiger partial charge < -0.3 is 9.84 Å². The van der Waals surface area contributed by atoms with Crippen LogP contribution in [0.5, 0.6) is 0 Å². The number of halogens is 4. The van der Waals surface area contributed by atoms with E-state index < -0.39 is 23.7 Å². The van der Waals surface area contributed by atoms with Crippen LogP contribution < -0.4 is 5.32 Å². The van der Waals surface area contributed by atoms with E-state index in [1.165, 1.54) is 19.1 Å². The van der Waals surface area contributed by atoms with Gasteiger partial charge in [-0.3, -0.25) is 4.79 Å². The van der Waals surface area contributed by atoms with Crippen LogP contribution in [0.4, 0.5) is 13.2 Å². The molecule has 1 atom stereocenters. The lowest BCUT2D eigenvalue weighted by Gasteiger charge is -2.18. The van der Waals surface area contributed by atoms with Crippen molar-refractivity contribution >= 4 is 17.5 Å². The van der Waals surface area contributed by atoms with Crippen molar-refractivity contribution in [3.63, 3.8) is 0 Å². The van der Waals surface area contributed by atoms with E-state index in [2.05, 4.69) is 15.5 Å². The first kappa shape index (κ1) is 16.3. The number of hydrogen-bond donors (Lipinski definition) is 1. The van der Waals surface area contributed by atoms with Crippen molar-refractivity contribution in [2.24, 2.45) is 0 Å². The number of alkyl halides is 2. The van der Waals surface area contributed by atoms with E-state index in [0.29, 0.717) is 6.92 Å². The van der Waals surface area contributed by atoms with E-state index >= 15 is 0 Å². The summed E-state index contributed by atoms with van der Waals surface area (Å²) in [6, 6.07) is 2.42. The second-order valence-corrected chi connectivity index (χ2v) is 5.05.